The van der Waals surface area contributed by atoms with E-state index in [4.69, 9.17) is 0 Å². The van der Waals surface area contributed by atoms with Gasteiger partial charge < -0.3 is 10.0 Å². The van der Waals surface area contributed by atoms with E-state index in [9.17, 15) is 5.11 Å². The fraction of sp³-hybridized carbons (Fsp3) is 1.00. The van der Waals surface area contributed by atoms with Gasteiger partial charge in [0.2, 0.25) is 0 Å². The lowest BCUT2D eigenvalue weighted by atomic mass is 10.0. The zero-order valence-electron chi connectivity index (χ0n) is 9.71. The summed E-state index contributed by atoms with van der Waals surface area (Å²) in [6.45, 7) is 6.81. The molecule has 2 nitrogen and oxygen atoms in total. The maximum Gasteiger partial charge on any atom is 0.0567 e. The highest BCUT2D eigenvalue weighted by Gasteiger charge is 2.22. The Hall–Kier alpha value is -0.0800. The summed E-state index contributed by atoms with van der Waals surface area (Å²) >= 11 is 0. The van der Waals surface area contributed by atoms with Gasteiger partial charge in [-0.05, 0) is 32.7 Å². The van der Waals surface area contributed by atoms with E-state index in [0.29, 0.717) is 6.04 Å². The van der Waals surface area contributed by atoms with Crippen LogP contribution in [0.5, 0.6) is 0 Å². The normalized spacial score (nSPS) is 29.4. The van der Waals surface area contributed by atoms with Gasteiger partial charge in [0.25, 0.3) is 0 Å². The molecule has 2 unspecified atom stereocenters. The smallest absolute Gasteiger partial charge is 0.0567 e. The monoisotopic (exact) mass is 199 g/mol. The highest BCUT2D eigenvalue weighted by Crippen LogP contribution is 2.17. The molecule has 2 atom stereocenters. The highest BCUT2D eigenvalue weighted by atomic mass is 16.3. The van der Waals surface area contributed by atoms with Crippen molar-refractivity contribution in [3.8, 4) is 0 Å². The summed E-state index contributed by atoms with van der Waals surface area (Å²) in [5, 5.41) is 9.48. The minimum Gasteiger partial charge on any atom is -0.393 e. The van der Waals surface area contributed by atoms with Gasteiger partial charge in [0, 0.05) is 12.6 Å². The van der Waals surface area contributed by atoms with Gasteiger partial charge in [-0.1, -0.05) is 26.2 Å². The lowest BCUT2D eigenvalue weighted by molar-refractivity contribution is 0.0475. The predicted molar refractivity (Wildman–Crippen MR) is 60.4 cm³/mol. The Kier molecular flexibility index (Phi) is 5.49. The second kappa shape index (κ2) is 6.41. The highest BCUT2D eigenvalue weighted by molar-refractivity contribution is 4.78. The molecule has 1 fully saturated rings. The van der Waals surface area contributed by atoms with Crippen LogP contribution < -0.4 is 0 Å². The molecule has 2 heteroatoms. The van der Waals surface area contributed by atoms with E-state index in [0.717, 1.165) is 19.4 Å². The first-order valence-electron chi connectivity index (χ1n) is 6.16. The Morgan fingerprint density at radius 3 is 2.71 bits per heavy atom. The van der Waals surface area contributed by atoms with E-state index < -0.39 is 0 Å². The summed E-state index contributed by atoms with van der Waals surface area (Å²) in [5.41, 5.74) is 0. The molecule has 0 aromatic heterocycles. The third-order valence-electron chi connectivity index (χ3n) is 3.28. The first kappa shape index (κ1) is 12.0. The number of nitrogens with zero attached hydrogens (tertiary/aromatic N) is 1. The summed E-state index contributed by atoms with van der Waals surface area (Å²) in [5.74, 6) is 0. The Balaban J connectivity index is 2.11. The summed E-state index contributed by atoms with van der Waals surface area (Å²) in [7, 11) is 0. The molecular formula is C12H25NO. The molecule has 1 rings (SSSR count). The van der Waals surface area contributed by atoms with Crippen LogP contribution in [-0.2, 0) is 0 Å². The summed E-state index contributed by atoms with van der Waals surface area (Å²) < 4.78 is 0. The Morgan fingerprint density at radius 1 is 1.29 bits per heavy atom. The van der Waals surface area contributed by atoms with Crippen LogP contribution in [-0.4, -0.2) is 35.2 Å². The van der Waals surface area contributed by atoms with E-state index >= 15 is 0 Å². The SMILES string of the molecule is CCCCCCN1CCC(O)CC1C. The first-order chi connectivity index (χ1) is 6.74. The van der Waals surface area contributed by atoms with Gasteiger partial charge in [-0.3, -0.25) is 0 Å². The first-order valence-corrected chi connectivity index (χ1v) is 6.16. The van der Waals surface area contributed by atoms with Crippen LogP contribution in [0.15, 0.2) is 0 Å². The van der Waals surface area contributed by atoms with Crippen LogP contribution in [0, 0.1) is 0 Å². The van der Waals surface area contributed by atoms with Gasteiger partial charge >= 0.3 is 0 Å². The largest absolute Gasteiger partial charge is 0.393 e. The van der Waals surface area contributed by atoms with Crippen molar-refractivity contribution < 1.29 is 5.11 Å². The number of piperidine rings is 1. The lowest BCUT2D eigenvalue weighted by Crippen LogP contribution is -2.42. The number of aliphatic hydroxyl groups is 1. The Morgan fingerprint density at radius 2 is 2.07 bits per heavy atom. The van der Waals surface area contributed by atoms with Crippen LogP contribution in [0.4, 0.5) is 0 Å². The number of rotatable bonds is 5. The average Bonchev–Trinajstić information content (AvgIpc) is 2.15. The molecule has 0 aliphatic carbocycles. The topological polar surface area (TPSA) is 23.5 Å². The van der Waals surface area contributed by atoms with Gasteiger partial charge in [-0.25, -0.2) is 0 Å². The third kappa shape index (κ3) is 3.97. The predicted octanol–water partition coefficient (Wildman–Crippen LogP) is 2.41. The van der Waals surface area contributed by atoms with E-state index in [1.54, 1.807) is 0 Å². The zero-order chi connectivity index (χ0) is 10.4. The molecule has 0 spiro atoms. The molecule has 0 radical (unpaired) electrons. The number of hydrogen-bond acceptors (Lipinski definition) is 2. The van der Waals surface area contributed by atoms with E-state index in [1.807, 2.05) is 0 Å². The van der Waals surface area contributed by atoms with Crippen molar-refractivity contribution >= 4 is 0 Å². The second-order valence-electron chi connectivity index (χ2n) is 4.62. The van der Waals surface area contributed by atoms with Crippen molar-refractivity contribution in [2.45, 2.75) is 64.5 Å². The molecule has 1 saturated heterocycles. The molecule has 1 aliphatic heterocycles. The van der Waals surface area contributed by atoms with Gasteiger partial charge in [0.15, 0.2) is 0 Å². The van der Waals surface area contributed by atoms with Crippen molar-refractivity contribution in [2.75, 3.05) is 13.1 Å². The van der Waals surface area contributed by atoms with Crippen molar-refractivity contribution in [3.63, 3.8) is 0 Å². The Labute approximate surface area is 88.3 Å². The van der Waals surface area contributed by atoms with E-state index in [2.05, 4.69) is 18.7 Å². The second-order valence-corrected chi connectivity index (χ2v) is 4.62. The molecule has 0 aromatic rings. The fourth-order valence-corrected chi connectivity index (χ4v) is 2.27. The van der Waals surface area contributed by atoms with Gasteiger partial charge in [0.05, 0.1) is 6.10 Å². The van der Waals surface area contributed by atoms with E-state index in [-0.39, 0.29) is 6.10 Å². The summed E-state index contributed by atoms with van der Waals surface area (Å²) in [4.78, 5) is 2.53. The number of hydrogen-bond donors (Lipinski definition) is 1. The van der Waals surface area contributed by atoms with Gasteiger partial charge in [-0.2, -0.15) is 0 Å². The van der Waals surface area contributed by atoms with Crippen molar-refractivity contribution in [1.29, 1.82) is 0 Å². The average molecular weight is 199 g/mol. The molecule has 84 valence electrons. The maximum atomic E-state index is 9.48. The minimum atomic E-state index is -0.0445. The minimum absolute atomic E-state index is 0.0445. The zero-order valence-corrected chi connectivity index (χ0v) is 9.71. The molecular weight excluding hydrogens is 174 g/mol. The van der Waals surface area contributed by atoms with Crippen LogP contribution in [0.1, 0.15) is 52.4 Å². The van der Waals surface area contributed by atoms with Crippen molar-refractivity contribution in [2.24, 2.45) is 0 Å². The van der Waals surface area contributed by atoms with Crippen LogP contribution in [0.3, 0.4) is 0 Å². The molecule has 0 saturated carbocycles. The number of likely N-dealkylation sites (tertiary alicyclic amines) is 1. The van der Waals surface area contributed by atoms with Crippen LogP contribution >= 0.6 is 0 Å². The Bertz CT molecular complexity index is 149. The molecule has 14 heavy (non-hydrogen) atoms. The summed E-state index contributed by atoms with van der Waals surface area (Å²) in [6, 6.07) is 0.584. The summed E-state index contributed by atoms with van der Waals surface area (Å²) in [6.07, 6.45) is 7.26. The molecule has 1 N–H and O–H groups in total. The number of aliphatic hydroxyl groups excluding tert-OH is 1. The number of unbranched alkanes of at least 4 members (excludes halogenated alkanes) is 3. The fourth-order valence-electron chi connectivity index (χ4n) is 2.27. The van der Waals surface area contributed by atoms with Gasteiger partial charge in [-0.15, -0.1) is 0 Å². The van der Waals surface area contributed by atoms with Crippen molar-refractivity contribution in [1.82, 2.24) is 4.90 Å². The van der Waals surface area contributed by atoms with E-state index in [1.165, 1.54) is 32.2 Å². The van der Waals surface area contributed by atoms with Crippen LogP contribution in [0.25, 0.3) is 0 Å². The molecule has 0 bridgehead atoms. The molecule has 0 amide bonds. The van der Waals surface area contributed by atoms with Crippen LogP contribution in [0.2, 0.25) is 0 Å². The standard InChI is InChI=1S/C12H25NO/c1-3-4-5-6-8-13-9-7-12(14)10-11(13)2/h11-12,14H,3-10H2,1-2H3. The lowest BCUT2D eigenvalue weighted by Gasteiger charge is -2.35. The maximum absolute atomic E-state index is 9.48. The van der Waals surface area contributed by atoms with Crippen molar-refractivity contribution in [3.05, 3.63) is 0 Å². The quantitative estimate of drug-likeness (QED) is 0.687. The molecule has 1 heterocycles. The molecule has 0 aromatic carbocycles. The third-order valence-corrected chi connectivity index (χ3v) is 3.28. The molecule has 1 aliphatic rings. The van der Waals surface area contributed by atoms with Gasteiger partial charge in [0.1, 0.15) is 0 Å².